The average molecular weight is 364 g/mol. The topological polar surface area (TPSA) is 68.5 Å². The quantitative estimate of drug-likeness (QED) is 0.723. The maximum absolute atomic E-state index is 12.3. The van der Waals surface area contributed by atoms with Gasteiger partial charge in [-0.05, 0) is 48.2 Å². The zero-order valence-corrected chi connectivity index (χ0v) is 15.1. The van der Waals surface area contributed by atoms with Crippen molar-refractivity contribution in [2.45, 2.75) is 0 Å². The van der Waals surface area contributed by atoms with E-state index in [-0.39, 0.29) is 5.91 Å². The molecule has 0 aliphatic carbocycles. The molecule has 4 rings (SSSR count). The van der Waals surface area contributed by atoms with E-state index in [0.29, 0.717) is 10.1 Å². The lowest BCUT2D eigenvalue weighted by Crippen LogP contribution is -2.19. The smallest absolute Gasteiger partial charge is 0.264 e. The molecule has 0 unspecified atom stereocenters. The largest absolute Gasteiger partial charge is 0.497 e. The summed E-state index contributed by atoms with van der Waals surface area (Å²) in [6, 6.07) is 15.2. The summed E-state index contributed by atoms with van der Waals surface area (Å²) in [5.74, 6) is 1.32. The van der Waals surface area contributed by atoms with Crippen molar-refractivity contribution in [3.8, 4) is 5.75 Å². The highest BCUT2D eigenvalue weighted by molar-refractivity contribution is 8.18. The van der Waals surface area contributed by atoms with Crippen LogP contribution in [0.3, 0.4) is 0 Å². The Balaban J connectivity index is 1.61. The number of hydrogen-bond acceptors (Lipinski definition) is 5. The van der Waals surface area contributed by atoms with Crippen LogP contribution in [-0.4, -0.2) is 27.7 Å². The highest BCUT2D eigenvalue weighted by Crippen LogP contribution is 2.29. The van der Waals surface area contributed by atoms with Gasteiger partial charge in [-0.3, -0.25) is 4.79 Å². The van der Waals surface area contributed by atoms with Gasteiger partial charge in [0.15, 0.2) is 5.17 Å². The van der Waals surface area contributed by atoms with Crippen molar-refractivity contribution < 1.29 is 9.53 Å². The second kappa shape index (κ2) is 6.68. The second-order valence-electron chi connectivity index (χ2n) is 5.70. The number of nitrogens with one attached hydrogen (secondary N) is 1. The van der Waals surface area contributed by atoms with Gasteiger partial charge in [0.25, 0.3) is 5.91 Å². The molecule has 2 heterocycles. The van der Waals surface area contributed by atoms with Gasteiger partial charge in [0, 0.05) is 13.1 Å². The molecule has 0 spiro atoms. The Morgan fingerprint density at radius 1 is 1.19 bits per heavy atom. The number of imidazole rings is 1. The summed E-state index contributed by atoms with van der Waals surface area (Å²) >= 11 is 1.30. The molecule has 26 heavy (non-hydrogen) atoms. The number of ether oxygens (including phenoxy) is 1. The van der Waals surface area contributed by atoms with Crippen molar-refractivity contribution in [1.82, 2.24) is 14.9 Å². The van der Waals surface area contributed by atoms with Gasteiger partial charge >= 0.3 is 0 Å². The first-order chi connectivity index (χ1) is 12.6. The lowest BCUT2D eigenvalue weighted by molar-refractivity contribution is -0.115. The summed E-state index contributed by atoms with van der Waals surface area (Å²) in [7, 11) is 3.55. The van der Waals surface area contributed by atoms with E-state index in [9.17, 15) is 4.79 Å². The molecule has 0 atom stereocenters. The molecule has 1 aliphatic heterocycles. The van der Waals surface area contributed by atoms with Gasteiger partial charge in [0.05, 0.1) is 28.7 Å². The molecular weight excluding hydrogens is 348 g/mol. The Bertz CT molecular complexity index is 1050. The third-order valence-electron chi connectivity index (χ3n) is 4.04. The van der Waals surface area contributed by atoms with Crippen molar-refractivity contribution in [2.24, 2.45) is 12.0 Å². The van der Waals surface area contributed by atoms with E-state index in [0.717, 1.165) is 28.3 Å². The zero-order chi connectivity index (χ0) is 18.1. The summed E-state index contributed by atoms with van der Waals surface area (Å²) in [5, 5.41) is 3.34. The average Bonchev–Trinajstić information content (AvgIpc) is 3.16. The summed E-state index contributed by atoms with van der Waals surface area (Å²) in [5.41, 5.74) is 2.67. The number of aromatic nitrogens is 2. The number of amidine groups is 1. The minimum Gasteiger partial charge on any atom is -0.497 e. The Hall–Kier alpha value is -3.06. The van der Waals surface area contributed by atoms with Crippen LogP contribution >= 0.6 is 11.8 Å². The number of aryl methyl sites for hydroxylation is 1. The lowest BCUT2D eigenvalue weighted by atomic mass is 10.3. The molecule has 6 nitrogen and oxygen atoms in total. The molecule has 1 amide bonds. The number of aliphatic imine (C=N–C) groups is 1. The molecule has 3 aromatic rings. The summed E-state index contributed by atoms with van der Waals surface area (Å²) in [6.45, 7) is 0. The molecule has 1 N–H and O–H groups in total. The Morgan fingerprint density at radius 2 is 1.96 bits per heavy atom. The van der Waals surface area contributed by atoms with Gasteiger partial charge in [-0.15, -0.1) is 0 Å². The molecular formula is C19H16N4O2S. The van der Waals surface area contributed by atoms with Crippen LogP contribution in [0, 0.1) is 0 Å². The summed E-state index contributed by atoms with van der Waals surface area (Å²) < 4.78 is 7.10. The third-order valence-corrected chi connectivity index (χ3v) is 4.95. The molecule has 1 aromatic heterocycles. The second-order valence-corrected chi connectivity index (χ2v) is 6.73. The maximum Gasteiger partial charge on any atom is 0.264 e. The molecule has 1 fully saturated rings. The molecule has 7 heteroatoms. The van der Waals surface area contributed by atoms with Crippen LogP contribution in [0.4, 0.5) is 5.69 Å². The van der Waals surface area contributed by atoms with Crippen LogP contribution in [0.2, 0.25) is 0 Å². The highest BCUT2D eigenvalue weighted by atomic mass is 32.2. The molecule has 0 radical (unpaired) electrons. The number of carbonyl (C=O) groups excluding carboxylic acids is 1. The third kappa shape index (κ3) is 3.09. The fourth-order valence-electron chi connectivity index (χ4n) is 2.67. The van der Waals surface area contributed by atoms with Crippen LogP contribution in [0.25, 0.3) is 17.1 Å². The minimum atomic E-state index is -0.172. The number of benzene rings is 2. The van der Waals surface area contributed by atoms with Crippen LogP contribution in [0.15, 0.2) is 58.4 Å². The minimum absolute atomic E-state index is 0.172. The van der Waals surface area contributed by atoms with Crippen molar-refractivity contribution in [2.75, 3.05) is 7.11 Å². The molecule has 1 saturated heterocycles. The van der Waals surface area contributed by atoms with Crippen LogP contribution < -0.4 is 10.1 Å². The zero-order valence-electron chi connectivity index (χ0n) is 14.3. The van der Waals surface area contributed by atoms with E-state index in [1.165, 1.54) is 11.8 Å². The number of fused-ring (bicyclic) bond motifs is 1. The number of hydrogen-bond donors (Lipinski definition) is 1. The van der Waals surface area contributed by atoms with E-state index in [4.69, 9.17) is 4.74 Å². The van der Waals surface area contributed by atoms with Crippen LogP contribution in [-0.2, 0) is 11.8 Å². The SMILES string of the molecule is COc1ccc(N=C2NC(=O)C(=Cc3nc4ccccc4n3C)S2)cc1. The van der Waals surface area contributed by atoms with Crippen molar-refractivity contribution in [3.05, 3.63) is 59.3 Å². The number of nitrogens with zero attached hydrogens (tertiary/aromatic N) is 3. The number of rotatable bonds is 3. The van der Waals surface area contributed by atoms with E-state index in [1.54, 1.807) is 13.2 Å². The Labute approximate surface area is 154 Å². The highest BCUT2D eigenvalue weighted by Gasteiger charge is 2.24. The van der Waals surface area contributed by atoms with Crippen molar-refractivity contribution >= 4 is 45.6 Å². The van der Waals surface area contributed by atoms with Gasteiger partial charge < -0.3 is 14.6 Å². The van der Waals surface area contributed by atoms with Gasteiger partial charge in [0.2, 0.25) is 0 Å². The standard InChI is InChI=1S/C19H16N4O2S/c1-23-15-6-4-3-5-14(15)21-17(23)11-16-18(24)22-19(26-16)20-12-7-9-13(25-2)10-8-12/h3-11H,1-2H3,(H,20,22,24). The van der Waals surface area contributed by atoms with E-state index in [2.05, 4.69) is 15.3 Å². The first-order valence-electron chi connectivity index (χ1n) is 7.99. The predicted molar refractivity (Wildman–Crippen MR) is 105 cm³/mol. The van der Waals surface area contributed by atoms with E-state index in [1.807, 2.05) is 60.1 Å². The van der Waals surface area contributed by atoms with Gasteiger partial charge in [-0.25, -0.2) is 9.98 Å². The molecule has 0 bridgehead atoms. The van der Waals surface area contributed by atoms with Gasteiger partial charge in [-0.2, -0.15) is 0 Å². The van der Waals surface area contributed by atoms with E-state index < -0.39 is 0 Å². The fraction of sp³-hybridized carbons (Fsp3) is 0.105. The van der Waals surface area contributed by atoms with E-state index >= 15 is 0 Å². The summed E-state index contributed by atoms with van der Waals surface area (Å²) in [6.07, 6.45) is 1.79. The Morgan fingerprint density at radius 3 is 2.69 bits per heavy atom. The van der Waals surface area contributed by atoms with Crippen LogP contribution in [0.5, 0.6) is 5.75 Å². The van der Waals surface area contributed by atoms with Crippen molar-refractivity contribution in [3.63, 3.8) is 0 Å². The Kier molecular flexibility index (Phi) is 4.22. The molecule has 1 aliphatic rings. The number of carbonyl (C=O) groups is 1. The first-order valence-corrected chi connectivity index (χ1v) is 8.81. The monoisotopic (exact) mass is 364 g/mol. The number of thioether (sulfide) groups is 1. The van der Waals surface area contributed by atoms with Gasteiger partial charge in [0.1, 0.15) is 11.6 Å². The first kappa shape index (κ1) is 16.4. The number of methoxy groups -OCH3 is 1. The van der Waals surface area contributed by atoms with Crippen molar-refractivity contribution in [1.29, 1.82) is 0 Å². The fourth-order valence-corrected chi connectivity index (χ4v) is 3.48. The molecule has 2 aromatic carbocycles. The summed E-state index contributed by atoms with van der Waals surface area (Å²) in [4.78, 5) is 21.9. The predicted octanol–water partition coefficient (Wildman–Crippen LogP) is 3.47. The maximum atomic E-state index is 12.3. The van der Waals surface area contributed by atoms with Gasteiger partial charge in [-0.1, -0.05) is 12.1 Å². The number of amides is 1. The van der Waals surface area contributed by atoms with Crippen LogP contribution in [0.1, 0.15) is 5.82 Å². The molecule has 130 valence electrons. The normalized spacial score (nSPS) is 17.2. The number of para-hydroxylation sites is 2. The molecule has 0 saturated carbocycles. The lowest BCUT2D eigenvalue weighted by Gasteiger charge is -1.99.